The smallest absolute Gasteiger partial charge is 0.257 e. The Bertz CT molecular complexity index is 680. The van der Waals surface area contributed by atoms with Gasteiger partial charge in [-0.15, -0.1) is 11.3 Å². The highest BCUT2D eigenvalue weighted by molar-refractivity contribution is 7.15. The zero-order valence-electron chi connectivity index (χ0n) is 12.4. The second kappa shape index (κ2) is 6.77. The van der Waals surface area contributed by atoms with Crippen molar-refractivity contribution in [3.63, 3.8) is 0 Å². The van der Waals surface area contributed by atoms with Gasteiger partial charge in [0.05, 0.1) is 0 Å². The zero-order chi connectivity index (χ0) is 15.5. The van der Waals surface area contributed by atoms with E-state index in [4.69, 9.17) is 11.6 Å². The monoisotopic (exact) mass is 335 g/mol. The average Bonchev–Trinajstić information content (AvgIpc) is 2.99. The van der Waals surface area contributed by atoms with E-state index in [1.807, 2.05) is 19.2 Å². The van der Waals surface area contributed by atoms with Crippen LogP contribution in [0.2, 0.25) is 5.02 Å². The summed E-state index contributed by atoms with van der Waals surface area (Å²) in [6.07, 6.45) is 4.15. The maximum absolute atomic E-state index is 12.4. The summed E-state index contributed by atoms with van der Waals surface area (Å²) in [5.41, 5.74) is 1.49. The van der Waals surface area contributed by atoms with Crippen LogP contribution in [0.15, 0.2) is 24.4 Å². The predicted molar refractivity (Wildman–Crippen MR) is 91.1 cm³/mol. The number of amides is 1. The van der Waals surface area contributed by atoms with E-state index in [9.17, 15) is 4.79 Å². The van der Waals surface area contributed by atoms with Gasteiger partial charge < -0.3 is 5.32 Å². The van der Waals surface area contributed by atoms with Crippen molar-refractivity contribution in [1.82, 2.24) is 10.3 Å². The van der Waals surface area contributed by atoms with Gasteiger partial charge in [0.1, 0.15) is 0 Å². The number of hydrogen-bond donors (Lipinski definition) is 2. The summed E-state index contributed by atoms with van der Waals surface area (Å²) in [6.45, 7) is 3.99. The normalized spacial score (nSPS) is 15.7. The third-order valence-electron chi connectivity index (χ3n) is 3.93. The molecule has 0 aliphatic carbocycles. The lowest BCUT2D eigenvalue weighted by atomic mass is 9.97. The number of carbonyl (C=O) groups excluding carboxylic acids is 1. The van der Waals surface area contributed by atoms with Crippen LogP contribution >= 0.6 is 22.9 Å². The summed E-state index contributed by atoms with van der Waals surface area (Å²) in [5, 5.41) is 7.45. The molecular weight excluding hydrogens is 318 g/mol. The number of piperidine rings is 1. The van der Waals surface area contributed by atoms with Crippen molar-refractivity contribution in [2.45, 2.75) is 25.7 Å². The fourth-order valence-corrected chi connectivity index (χ4v) is 3.80. The number of hydrogen-bond acceptors (Lipinski definition) is 4. The van der Waals surface area contributed by atoms with Crippen molar-refractivity contribution in [2.75, 3.05) is 18.4 Å². The first-order valence-electron chi connectivity index (χ1n) is 7.37. The van der Waals surface area contributed by atoms with Gasteiger partial charge >= 0.3 is 0 Å². The number of anilines is 1. The molecule has 0 atom stereocenters. The van der Waals surface area contributed by atoms with E-state index < -0.39 is 0 Å². The molecule has 6 heteroatoms. The highest BCUT2D eigenvalue weighted by Crippen LogP contribution is 2.32. The van der Waals surface area contributed by atoms with Crippen molar-refractivity contribution in [2.24, 2.45) is 0 Å². The number of nitrogens with zero attached hydrogens (tertiary/aromatic N) is 1. The van der Waals surface area contributed by atoms with Gasteiger partial charge in [-0.3, -0.25) is 10.1 Å². The van der Waals surface area contributed by atoms with Crippen molar-refractivity contribution in [3.05, 3.63) is 45.4 Å². The van der Waals surface area contributed by atoms with Crippen LogP contribution in [-0.2, 0) is 0 Å². The number of rotatable bonds is 3. The first-order chi connectivity index (χ1) is 10.6. The Morgan fingerprint density at radius 3 is 2.95 bits per heavy atom. The molecule has 2 N–H and O–H groups in total. The van der Waals surface area contributed by atoms with Crippen molar-refractivity contribution in [1.29, 1.82) is 0 Å². The number of carbonyl (C=O) groups is 1. The molecule has 2 heterocycles. The summed E-state index contributed by atoms with van der Waals surface area (Å²) in [5.74, 6) is 0.392. The molecule has 0 saturated carbocycles. The van der Waals surface area contributed by atoms with E-state index in [1.54, 1.807) is 23.5 Å². The standard InChI is InChI=1S/C16H18ClN3OS/c1-10-2-3-12(17)8-13(10)15(21)20-16-19-9-14(22-16)11-4-6-18-7-5-11/h2-3,8-9,11,18H,4-7H2,1H3,(H,19,20,21). The molecular formula is C16H18ClN3OS. The van der Waals surface area contributed by atoms with Crippen molar-refractivity contribution >= 4 is 34.0 Å². The molecule has 0 bridgehead atoms. The molecule has 2 aromatic rings. The van der Waals surface area contributed by atoms with Crippen LogP contribution in [0.3, 0.4) is 0 Å². The molecule has 1 aromatic heterocycles. The Morgan fingerprint density at radius 1 is 1.41 bits per heavy atom. The van der Waals surface area contributed by atoms with Crippen LogP contribution in [-0.4, -0.2) is 24.0 Å². The molecule has 1 aliphatic heterocycles. The van der Waals surface area contributed by atoms with E-state index in [2.05, 4.69) is 15.6 Å². The Hall–Kier alpha value is -1.43. The summed E-state index contributed by atoms with van der Waals surface area (Å²) < 4.78 is 0. The lowest BCUT2D eigenvalue weighted by Crippen LogP contribution is -2.26. The molecule has 1 aromatic carbocycles. The minimum absolute atomic E-state index is 0.161. The molecule has 0 unspecified atom stereocenters. The largest absolute Gasteiger partial charge is 0.317 e. The molecule has 0 radical (unpaired) electrons. The van der Waals surface area contributed by atoms with Gasteiger partial charge in [0, 0.05) is 21.7 Å². The van der Waals surface area contributed by atoms with Gasteiger partial charge in [-0.2, -0.15) is 0 Å². The lowest BCUT2D eigenvalue weighted by molar-refractivity contribution is 0.102. The Balaban J connectivity index is 1.71. The van der Waals surface area contributed by atoms with Gasteiger partial charge in [0.2, 0.25) is 0 Å². The first kappa shape index (κ1) is 15.5. The molecule has 116 valence electrons. The molecule has 1 saturated heterocycles. The predicted octanol–water partition coefficient (Wildman–Crippen LogP) is 3.82. The van der Waals surface area contributed by atoms with Gasteiger partial charge in [-0.05, 0) is 56.5 Å². The molecule has 3 rings (SSSR count). The zero-order valence-corrected chi connectivity index (χ0v) is 13.9. The van der Waals surface area contributed by atoms with Crippen LogP contribution in [0.25, 0.3) is 0 Å². The summed E-state index contributed by atoms with van der Waals surface area (Å²) in [7, 11) is 0. The highest BCUT2D eigenvalue weighted by atomic mass is 35.5. The van der Waals surface area contributed by atoms with Gasteiger partial charge in [0.25, 0.3) is 5.91 Å². The first-order valence-corrected chi connectivity index (χ1v) is 8.57. The van der Waals surface area contributed by atoms with E-state index in [1.165, 1.54) is 4.88 Å². The third-order valence-corrected chi connectivity index (χ3v) is 5.24. The van der Waals surface area contributed by atoms with Crippen molar-refractivity contribution < 1.29 is 4.79 Å². The number of halogens is 1. The van der Waals surface area contributed by atoms with Crippen LogP contribution in [0.4, 0.5) is 5.13 Å². The topological polar surface area (TPSA) is 54.0 Å². The fourth-order valence-electron chi connectivity index (χ4n) is 2.64. The average molecular weight is 336 g/mol. The van der Waals surface area contributed by atoms with Crippen LogP contribution in [0.5, 0.6) is 0 Å². The molecule has 22 heavy (non-hydrogen) atoms. The maximum atomic E-state index is 12.4. The summed E-state index contributed by atoms with van der Waals surface area (Å²) >= 11 is 7.54. The van der Waals surface area contributed by atoms with Crippen molar-refractivity contribution in [3.8, 4) is 0 Å². The Morgan fingerprint density at radius 2 is 2.18 bits per heavy atom. The van der Waals surface area contributed by atoms with Gasteiger partial charge in [0.15, 0.2) is 5.13 Å². The highest BCUT2D eigenvalue weighted by Gasteiger charge is 2.19. The third kappa shape index (κ3) is 3.48. The Labute approximate surface area is 138 Å². The Kier molecular flexibility index (Phi) is 4.76. The number of aromatic nitrogens is 1. The number of benzene rings is 1. The second-order valence-electron chi connectivity index (χ2n) is 5.51. The van der Waals surface area contributed by atoms with Gasteiger partial charge in [-0.1, -0.05) is 17.7 Å². The molecule has 1 fully saturated rings. The number of thiazole rings is 1. The minimum atomic E-state index is -0.161. The molecule has 1 amide bonds. The van der Waals surface area contributed by atoms with E-state index in [-0.39, 0.29) is 5.91 Å². The fraction of sp³-hybridized carbons (Fsp3) is 0.375. The minimum Gasteiger partial charge on any atom is -0.317 e. The lowest BCUT2D eigenvalue weighted by Gasteiger charge is -2.20. The molecule has 1 aliphatic rings. The van der Waals surface area contributed by atoms with E-state index in [0.29, 0.717) is 21.6 Å². The maximum Gasteiger partial charge on any atom is 0.257 e. The second-order valence-corrected chi connectivity index (χ2v) is 7.00. The van der Waals surface area contributed by atoms with Crippen LogP contribution < -0.4 is 10.6 Å². The summed E-state index contributed by atoms with van der Waals surface area (Å²) in [6, 6.07) is 5.32. The van der Waals surface area contributed by atoms with Crippen LogP contribution in [0.1, 0.15) is 39.6 Å². The van der Waals surface area contributed by atoms with E-state index in [0.717, 1.165) is 31.5 Å². The van der Waals surface area contributed by atoms with E-state index >= 15 is 0 Å². The summed E-state index contributed by atoms with van der Waals surface area (Å²) in [4.78, 5) is 18.0. The SMILES string of the molecule is Cc1ccc(Cl)cc1C(=O)Nc1ncc(C2CCNCC2)s1. The van der Waals surface area contributed by atoms with Gasteiger partial charge in [-0.25, -0.2) is 4.98 Å². The quantitative estimate of drug-likeness (QED) is 0.896. The number of nitrogens with one attached hydrogen (secondary N) is 2. The van der Waals surface area contributed by atoms with Crippen LogP contribution in [0, 0.1) is 6.92 Å². The molecule has 0 spiro atoms. The number of aryl methyl sites for hydroxylation is 1. The molecule has 4 nitrogen and oxygen atoms in total.